The molecule has 0 spiro atoms. The maximum absolute atomic E-state index is 12.6. The molecule has 0 aromatic heterocycles. The Kier molecular flexibility index (Phi) is 4.81. The Balaban J connectivity index is 1.99. The van der Waals surface area contributed by atoms with Crippen LogP contribution in [0.5, 0.6) is 0 Å². The van der Waals surface area contributed by atoms with Gasteiger partial charge in [-0.3, -0.25) is 4.79 Å². The summed E-state index contributed by atoms with van der Waals surface area (Å²) in [6.07, 6.45) is 2.87. The maximum atomic E-state index is 12.6. The van der Waals surface area contributed by atoms with Gasteiger partial charge in [-0.25, -0.2) is 0 Å². The van der Waals surface area contributed by atoms with E-state index in [0.717, 1.165) is 19.3 Å². The van der Waals surface area contributed by atoms with Gasteiger partial charge < -0.3 is 20.1 Å². The first-order chi connectivity index (χ1) is 9.06. The van der Waals surface area contributed by atoms with Crippen molar-refractivity contribution in [3.05, 3.63) is 0 Å². The third-order valence-corrected chi connectivity index (χ3v) is 4.69. The number of nitrogens with zero attached hydrogens (tertiary/aromatic N) is 1. The van der Waals surface area contributed by atoms with Crippen LogP contribution in [0.3, 0.4) is 0 Å². The lowest BCUT2D eigenvalue weighted by Crippen LogP contribution is -2.43. The Morgan fingerprint density at radius 2 is 1.74 bits per heavy atom. The van der Waals surface area contributed by atoms with Crippen LogP contribution in [0.2, 0.25) is 0 Å². The zero-order valence-electron chi connectivity index (χ0n) is 12.2. The van der Waals surface area contributed by atoms with Gasteiger partial charge in [-0.1, -0.05) is 6.92 Å². The summed E-state index contributed by atoms with van der Waals surface area (Å²) < 4.78 is 10.8. The van der Waals surface area contributed by atoms with E-state index in [0.29, 0.717) is 19.0 Å². The van der Waals surface area contributed by atoms with Gasteiger partial charge in [0.15, 0.2) is 0 Å². The fraction of sp³-hybridized carbons (Fsp3) is 0.929. The van der Waals surface area contributed by atoms with Gasteiger partial charge in [-0.05, 0) is 25.2 Å². The van der Waals surface area contributed by atoms with Gasteiger partial charge in [0.05, 0.1) is 0 Å². The van der Waals surface area contributed by atoms with Crippen LogP contribution in [0.25, 0.3) is 0 Å². The molecule has 2 N–H and O–H groups in total. The summed E-state index contributed by atoms with van der Waals surface area (Å²) >= 11 is 0. The molecular formula is C14H26N2O3. The second-order valence-electron chi connectivity index (χ2n) is 5.95. The zero-order valence-corrected chi connectivity index (χ0v) is 12.2. The summed E-state index contributed by atoms with van der Waals surface area (Å²) in [5, 5.41) is 0. The molecule has 19 heavy (non-hydrogen) atoms. The topological polar surface area (TPSA) is 64.8 Å². The van der Waals surface area contributed by atoms with E-state index in [4.69, 9.17) is 15.2 Å². The second kappa shape index (κ2) is 6.20. The molecule has 1 amide bonds. The van der Waals surface area contributed by atoms with E-state index in [9.17, 15) is 4.79 Å². The van der Waals surface area contributed by atoms with Crippen molar-refractivity contribution in [1.29, 1.82) is 0 Å². The van der Waals surface area contributed by atoms with Crippen molar-refractivity contribution in [2.24, 2.45) is 17.6 Å². The normalized spacial score (nSPS) is 39.6. The van der Waals surface area contributed by atoms with Crippen LogP contribution < -0.4 is 5.73 Å². The van der Waals surface area contributed by atoms with Crippen LogP contribution in [0.1, 0.15) is 26.2 Å². The van der Waals surface area contributed by atoms with Crippen LogP contribution in [-0.2, 0) is 14.3 Å². The number of carbonyl (C=O) groups excluding carboxylic acids is 1. The smallest absolute Gasteiger partial charge is 0.226 e. The van der Waals surface area contributed by atoms with Crippen molar-refractivity contribution in [2.75, 3.05) is 27.3 Å². The van der Waals surface area contributed by atoms with Gasteiger partial charge in [0, 0.05) is 39.3 Å². The Labute approximate surface area is 115 Å². The molecule has 1 saturated heterocycles. The number of rotatable bonds is 3. The number of amides is 1. The third-order valence-electron chi connectivity index (χ3n) is 4.69. The van der Waals surface area contributed by atoms with Gasteiger partial charge >= 0.3 is 0 Å². The molecule has 0 aromatic rings. The molecule has 5 nitrogen and oxygen atoms in total. The fourth-order valence-corrected chi connectivity index (χ4v) is 3.31. The molecule has 2 fully saturated rings. The molecule has 0 aromatic carbocycles. The molecule has 5 atom stereocenters. The first-order valence-electron chi connectivity index (χ1n) is 7.16. The molecule has 1 saturated carbocycles. The van der Waals surface area contributed by atoms with Crippen molar-refractivity contribution in [1.82, 2.24) is 4.90 Å². The summed E-state index contributed by atoms with van der Waals surface area (Å²) in [5.41, 5.74) is 6.01. The molecule has 1 heterocycles. The minimum atomic E-state index is -0.0125. The molecule has 5 heteroatoms. The highest BCUT2D eigenvalue weighted by Gasteiger charge is 2.40. The zero-order chi connectivity index (χ0) is 14.0. The lowest BCUT2D eigenvalue weighted by molar-refractivity contribution is -0.138. The van der Waals surface area contributed by atoms with Crippen molar-refractivity contribution >= 4 is 5.91 Å². The lowest BCUT2D eigenvalue weighted by Gasteiger charge is -2.34. The highest BCUT2D eigenvalue weighted by Crippen LogP contribution is 2.31. The minimum absolute atomic E-state index is 0.0125. The molecule has 2 aliphatic rings. The average molecular weight is 270 g/mol. The van der Waals surface area contributed by atoms with E-state index in [1.165, 1.54) is 0 Å². The van der Waals surface area contributed by atoms with Crippen LogP contribution in [0.15, 0.2) is 0 Å². The molecule has 1 aliphatic heterocycles. The average Bonchev–Trinajstić information content (AvgIpc) is 2.84. The molecular weight excluding hydrogens is 244 g/mol. The number of likely N-dealkylation sites (tertiary alicyclic amines) is 1. The predicted octanol–water partition coefficient (Wildman–Crippen LogP) is 0.622. The van der Waals surface area contributed by atoms with Crippen molar-refractivity contribution < 1.29 is 14.3 Å². The second-order valence-corrected chi connectivity index (χ2v) is 5.95. The summed E-state index contributed by atoms with van der Waals surface area (Å²) in [6, 6.07) is 0.171. The van der Waals surface area contributed by atoms with Gasteiger partial charge in [0.2, 0.25) is 5.91 Å². The molecule has 110 valence electrons. The van der Waals surface area contributed by atoms with E-state index < -0.39 is 0 Å². The number of hydrogen-bond donors (Lipinski definition) is 1. The first kappa shape index (κ1) is 14.8. The van der Waals surface area contributed by atoms with Crippen molar-refractivity contribution in [2.45, 2.75) is 44.4 Å². The third kappa shape index (κ3) is 3.09. The predicted molar refractivity (Wildman–Crippen MR) is 72.7 cm³/mol. The minimum Gasteiger partial charge on any atom is -0.377 e. The van der Waals surface area contributed by atoms with Crippen LogP contribution in [0.4, 0.5) is 0 Å². The number of ether oxygens (including phenoxy) is 2. The van der Waals surface area contributed by atoms with E-state index in [-0.39, 0.29) is 30.1 Å². The monoisotopic (exact) mass is 270 g/mol. The molecule has 0 radical (unpaired) electrons. The van der Waals surface area contributed by atoms with E-state index in [1.54, 1.807) is 14.2 Å². The molecule has 1 aliphatic carbocycles. The Morgan fingerprint density at radius 3 is 2.26 bits per heavy atom. The van der Waals surface area contributed by atoms with E-state index in [1.807, 2.05) is 4.90 Å². The van der Waals surface area contributed by atoms with Gasteiger partial charge in [-0.15, -0.1) is 0 Å². The van der Waals surface area contributed by atoms with E-state index in [2.05, 4.69) is 6.92 Å². The Morgan fingerprint density at radius 1 is 1.16 bits per heavy atom. The Bertz CT molecular complexity index is 312. The SMILES string of the molecule is COC1CN(C(=O)C2CC(N)CCC2C)CC1OC. The van der Waals surface area contributed by atoms with Crippen LogP contribution in [0, 0.1) is 11.8 Å². The highest BCUT2D eigenvalue weighted by molar-refractivity contribution is 5.79. The van der Waals surface area contributed by atoms with Gasteiger partial charge in [0.1, 0.15) is 12.2 Å². The summed E-state index contributed by atoms with van der Waals surface area (Å²) in [7, 11) is 3.34. The van der Waals surface area contributed by atoms with E-state index >= 15 is 0 Å². The van der Waals surface area contributed by atoms with Crippen molar-refractivity contribution in [3.63, 3.8) is 0 Å². The summed E-state index contributed by atoms with van der Waals surface area (Å²) in [5.74, 6) is 0.719. The lowest BCUT2D eigenvalue weighted by atomic mass is 9.77. The number of carbonyl (C=O) groups is 1. The van der Waals surface area contributed by atoms with Crippen LogP contribution >= 0.6 is 0 Å². The van der Waals surface area contributed by atoms with Crippen molar-refractivity contribution in [3.8, 4) is 0 Å². The Hall–Kier alpha value is -0.650. The molecule has 2 rings (SSSR count). The van der Waals surface area contributed by atoms with Gasteiger partial charge in [-0.2, -0.15) is 0 Å². The fourth-order valence-electron chi connectivity index (χ4n) is 3.31. The van der Waals surface area contributed by atoms with Gasteiger partial charge in [0.25, 0.3) is 0 Å². The number of hydrogen-bond acceptors (Lipinski definition) is 4. The standard InChI is InChI=1S/C14H26N2O3/c1-9-4-5-10(15)6-11(9)14(17)16-7-12(18-2)13(8-16)19-3/h9-13H,4-8,15H2,1-3H3. The number of nitrogens with two attached hydrogens (primary N) is 1. The molecule has 0 bridgehead atoms. The summed E-state index contributed by atoms with van der Waals surface area (Å²) in [6.45, 7) is 3.42. The highest BCUT2D eigenvalue weighted by atomic mass is 16.5. The summed E-state index contributed by atoms with van der Waals surface area (Å²) in [4.78, 5) is 14.5. The molecule has 5 unspecified atom stereocenters. The largest absolute Gasteiger partial charge is 0.377 e. The first-order valence-corrected chi connectivity index (χ1v) is 7.16. The quantitative estimate of drug-likeness (QED) is 0.816. The number of methoxy groups -OCH3 is 2. The van der Waals surface area contributed by atoms with Crippen LogP contribution in [-0.4, -0.2) is 56.4 Å². The maximum Gasteiger partial charge on any atom is 0.226 e.